The highest BCUT2D eigenvalue weighted by atomic mass is 32.2. The fourth-order valence-electron chi connectivity index (χ4n) is 7.21. The van der Waals surface area contributed by atoms with Crippen LogP contribution in [0, 0.1) is 11.8 Å². The summed E-state index contributed by atoms with van der Waals surface area (Å²) in [7, 11) is 2.02. The highest BCUT2D eigenvalue weighted by Crippen LogP contribution is 2.55. The van der Waals surface area contributed by atoms with Crippen molar-refractivity contribution >= 4 is 35.2 Å². The Morgan fingerprint density at radius 2 is 1.86 bits per heavy atom. The third kappa shape index (κ3) is 5.50. The van der Waals surface area contributed by atoms with Gasteiger partial charge in [-0.1, -0.05) is 67.8 Å². The first-order valence-electron chi connectivity index (χ1n) is 15.0. The Morgan fingerprint density at radius 1 is 1.07 bits per heavy atom. The summed E-state index contributed by atoms with van der Waals surface area (Å²) >= 11 is 1.60. The van der Waals surface area contributed by atoms with E-state index in [-0.39, 0.29) is 23.8 Å². The van der Waals surface area contributed by atoms with Crippen LogP contribution in [0.3, 0.4) is 0 Å². The number of nitrogens with one attached hydrogen (secondary N) is 2. The zero-order chi connectivity index (χ0) is 29.3. The first-order chi connectivity index (χ1) is 20.4. The van der Waals surface area contributed by atoms with Crippen LogP contribution in [0.4, 0.5) is 5.69 Å². The number of fused-ring (bicyclic) bond motifs is 1. The molecule has 0 aromatic heterocycles. The van der Waals surface area contributed by atoms with Gasteiger partial charge in [-0.3, -0.25) is 14.4 Å². The van der Waals surface area contributed by atoms with Gasteiger partial charge in [0.25, 0.3) is 0 Å². The number of rotatable bonds is 10. The van der Waals surface area contributed by atoms with E-state index < -0.39 is 29.6 Å². The van der Waals surface area contributed by atoms with E-state index in [2.05, 4.69) is 27.7 Å². The van der Waals surface area contributed by atoms with E-state index in [0.29, 0.717) is 18.8 Å². The molecule has 3 aliphatic heterocycles. The van der Waals surface area contributed by atoms with Crippen LogP contribution >= 0.6 is 11.8 Å². The van der Waals surface area contributed by atoms with Crippen LogP contribution in [-0.4, -0.2) is 77.7 Å². The predicted octanol–water partition coefficient (Wildman–Crippen LogP) is 4.08. The highest BCUT2D eigenvalue weighted by molar-refractivity contribution is 7.98. The third-order valence-corrected chi connectivity index (χ3v) is 9.96. The van der Waals surface area contributed by atoms with Gasteiger partial charge in [0.1, 0.15) is 11.6 Å². The quantitative estimate of drug-likeness (QED) is 0.321. The minimum absolute atomic E-state index is 0.102. The van der Waals surface area contributed by atoms with Gasteiger partial charge in [0.05, 0.1) is 17.9 Å². The molecule has 2 N–H and O–H groups in total. The minimum atomic E-state index is -1.15. The van der Waals surface area contributed by atoms with Gasteiger partial charge in [0, 0.05) is 36.3 Å². The zero-order valence-electron chi connectivity index (χ0n) is 24.3. The SMILES string of the molecule is CSc1cccc(NC(=O)C2C3C=CC4(O3)C2C(=O)N(CCN(C)Cc2ccccc2)C4C(=O)NC2CCCCC2)c1. The summed E-state index contributed by atoms with van der Waals surface area (Å²) in [6.45, 7) is 1.69. The monoisotopic (exact) mass is 588 g/mol. The van der Waals surface area contributed by atoms with E-state index in [4.69, 9.17) is 4.74 Å². The van der Waals surface area contributed by atoms with Gasteiger partial charge in [-0.25, -0.2) is 0 Å². The summed E-state index contributed by atoms with van der Waals surface area (Å²) < 4.78 is 6.51. The Morgan fingerprint density at radius 3 is 2.62 bits per heavy atom. The number of hydrogen-bond donors (Lipinski definition) is 2. The maximum atomic E-state index is 14.2. The number of amides is 3. The summed E-state index contributed by atoms with van der Waals surface area (Å²) in [4.78, 5) is 46.9. The number of carbonyl (C=O) groups excluding carboxylic acids is 3. The molecule has 42 heavy (non-hydrogen) atoms. The largest absolute Gasteiger partial charge is 0.359 e. The van der Waals surface area contributed by atoms with Gasteiger partial charge in [0.2, 0.25) is 17.7 Å². The Balaban J connectivity index is 1.24. The number of nitrogens with zero attached hydrogens (tertiary/aromatic N) is 2. The Hall–Kier alpha value is -3.14. The van der Waals surface area contributed by atoms with E-state index in [1.54, 1.807) is 16.7 Å². The average molecular weight is 589 g/mol. The lowest BCUT2D eigenvalue weighted by Crippen LogP contribution is -2.57. The van der Waals surface area contributed by atoms with Gasteiger partial charge in [-0.15, -0.1) is 11.8 Å². The molecule has 2 aromatic rings. The molecule has 1 aliphatic carbocycles. The van der Waals surface area contributed by atoms with Crippen LogP contribution in [0.5, 0.6) is 0 Å². The number of anilines is 1. The second-order valence-corrected chi connectivity index (χ2v) is 12.9. The smallest absolute Gasteiger partial charge is 0.246 e. The number of benzene rings is 2. The van der Waals surface area contributed by atoms with E-state index in [0.717, 1.165) is 37.1 Å². The van der Waals surface area contributed by atoms with Crippen molar-refractivity contribution in [3.05, 3.63) is 72.3 Å². The number of ether oxygens (including phenoxy) is 1. The molecule has 9 heteroatoms. The molecule has 4 aliphatic rings. The van der Waals surface area contributed by atoms with Crippen molar-refractivity contribution in [2.75, 3.05) is 31.7 Å². The van der Waals surface area contributed by atoms with Gasteiger partial charge in [-0.05, 0) is 49.9 Å². The second-order valence-electron chi connectivity index (χ2n) is 12.0. The molecule has 2 saturated heterocycles. The summed E-state index contributed by atoms with van der Waals surface area (Å²) in [6.07, 6.45) is 10.5. The second kappa shape index (κ2) is 12.2. The maximum Gasteiger partial charge on any atom is 0.246 e. The molecule has 3 heterocycles. The van der Waals surface area contributed by atoms with E-state index in [1.165, 1.54) is 12.0 Å². The van der Waals surface area contributed by atoms with Gasteiger partial charge >= 0.3 is 0 Å². The van der Waals surface area contributed by atoms with Crippen molar-refractivity contribution in [3.63, 3.8) is 0 Å². The van der Waals surface area contributed by atoms with Crippen LogP contribution in [0.2, 0.25) is 0 Å². The molecule has 1 spiro atoms. The molecule has 222 valence electrons. The van der Waals surface area contributed by atoms with Gasteiger partial charge < -0.3 is 25.2 Å². The van der Waals surface area contributed by atoms with E-state index in [1.807, 2.05) is 67.9 Å². The molecule has 5 atom stereocenters. The Bertz CT molecular complexity index is 1350. The van der Waals surface area contributed by atoms with Crippen molar-refractivity contribution < 1.29 is 19.1 Å². The average Bonchev–Trinajstić information content (AvgIpc) is 3.64. The molecule has 1 saturated carbocycles. The third-order valence-electron chi connectivity index (χ3n) is 9.23. The van der Waals surface area contributed by atoms with Crippen LogP contribution < -0.4 is 10.6 Å². The molecule has 8 nitrogen and oxygen atoms in total. The van der Waals surface area contributed by atoms with E-state index >= 15 is 0 Å². The maximum absolute atomic E-state index is 14.2. The van der Waals surface area contributed by atoms with Crippen molar-refractivity contribution in [2.24, 2.45) is 11.8 Å². The zero-order valence-corrected chi connectivity index (χ0v) is 25.1. The minimum Gasteiger partial charge on any atom is -0.359 e. The molecule has 2 aromatic carbocycles. The van der Waals surface area contributed by atoms with Crippen molar-refractivity contribution in [2.45, 2.75) is 67.3 Å². The van der Waals surface area contributed by atoms with Gasteiger partial charge in [0.15, 0.2) is 0 Å². The molecule has 3 amide bonds. The number of hydrogen-bond acceptors (Lipinski definition) is 6. The summed E-state index contributed by atoms with van der Waals surface area (Å²) in [6, 6.07) is 17.1. The highest BCUT2D eigenvalue weighted by Gasteiger charge is 2.72. The normalized spacial score (nSPS) is 28.4. The number of carbonyl (C=O) groups is 3. The molecule has 0 radical (unpaired) electrons. The van der Waals surface area contributed by atoms with Gasteiger partial charge in [-0.2, -0.15) is 0 Å². The van der Waals surface area contributed by atoms with Crippen LogP contribution in [0.1, 0.15) is 37.7 Å². The fourth-order valence-corrected chi connectivity index (χ4v) is 7.67. The molecule has 2 bridgehead atoms. The standard InChI is InChI=1S/C33H40N4O4S/c1-36(21-22-10-5-3-6-11-22)18-19-37-29(31(39)34-23-12-7-4-8-13-23)33-17-16-26(41-33)27(28(33)32(37)40)30(38)35-24-14-9-15-25(20-24)42-2/h3,5-6,9-11,14-17,20,23,26-29H,4,7-8,12-13,18-19,21H2,1-2H3,(H,34,39)(H,35,38). The first-order valence-corrected chi connectivity index (χ1v) is 16.3. The number of thioether (sulfide) groups is 1. The summed E-state index contributed by atoms with van der Waals surface area (Å²) in [5.41, 5.74) is 0.716. The predicted molar refractivity (Wildman–Crippen MR) is 164 cm³/mol. The van der Waals surface area contributed by atoms with Crippen molar-refractivity contribution in [3.8, 4) is 0 Å². The lowest BCUT2D eigenvalue weighted by atomic mass is 9.74. The number of likely N-dealkylation sites (tertiary alicyclic amines) is 1. The van der Waals surface area contributed by atoms with E-state index in [9.17, 15) is 14.4 Å². The topological polar surface area (TPSA) is 91.0 Å². The molecule has 5 unspecified atom stereocenters. The Kier molecular flexibility index (Phi) is 8.43. The van der Waals surface area contributed by atoms with Crippen molar-refractivity contribution in [1.82, 2.24) is 15.1 Å². The molecule has 6 rings (SSSR count). The molecular formula is C33H40N4O4S. The summed E-state index contributed by atoms with van der Waals surface area (Å²) in [5.74, 6) is -2.08. The lowest BCUT2D eigenvalue weighted by molar-refractivity contribution is -0.141. The van der Waals surface area contributed by atoms with Crippen LogP contribution in [0.25, 0.3) is 0 Å². The Labute approximate surface area is 252 Å². The number of likely N-dealkylation sites (N-methyl/N-ethyl adjacent to an activating group) is 1. The summed E-state index contributed by atoms with van der Waals surface area (Å²) in [5, 5.41) is 6.29. The lowest BCUT2D eigenvalue weighted by Gasteiger charge is -2.34. The molecular weight excluding hydrogens is 548 g/mol. The first kappa shape index (κ1) is 29.0. The van der Waals surface area contributed by atoms with Crippen molar-refractivity contribution in [1.29, 1.82) is 0 Å². The van der Waals surface area contributed by atoms with Crippen LogP contribution in [0.15, 0.2) is 71.6 Å². The van der Waals surface area contributed by atoms with Crippen LogP contribution in [-0.2, 0) is 25.7 Å². The molecule has 3 fully saturated rings. The fraction of sp³-hybridized carbons (Fsp3) is 0.485.